The summed E-state index contributed by atoms with van der Waals surface area (Å²) in [6.45, 7) is -0.348. The molecule has 130 valence electrons. The Morgan fingerprint density at radius 1 is 1.04 bits per heavy atom. The van der Waals surface area contributed by atoms with Crippen LogP contribution in [0.15, 0.2) is 67.0 Å². The molecule has 0 spiro atoms. The predicted molar refractivity (Wildman–Crippen MR) is 98.5 cm³/mol. The second kappa shape index (κ2) is 6.61. The normalized spacial score (nSPS) is 11.0. The molecule has 0 bridgehead atoms. The van der Waals surface area contributed by atoms with Crippen LogP contribution in [0, 0.1) is 5.82 Å². The zero-order valence-electron chi connectivity index (χ0n) is 14.2. The van der Waals surface area contributed by atoms with E-state index in [4.69, 9.17) is 4.74 Å². The van der Waals surface area contributed by atoms with E-state index < -0.39 is 5.82 Å². The number of hydrogen-bond donors (Lipinski definition) is 1. The van der Waals surface area contributed by atoms with Gasteiger partial charge in [-0.3, -0.25) is 0 Å². The zero-order valence-corrected chi connectivity index (χ0v) is 14.2. The van der Waals surface area contributed by atoms with Gasteiger partial charge in [0.15, 0.2) is 0 Å². The zero-order chi connectivity index (χ0) is 18.1. The van der Waals surface area contributed by atoms with Gasteiger partial charge in [-0.15, -0.1) is 0 Å². The van der Waals surface area contributed by atoms with Gasteiger partial charge in [-0.05, 0) is 41.5 Å². The number of aromatic nitrogens is 2. The van der Waals surface area contributed by atoms with Crippen molar-refractivity contribution in [1.29, 1.82) is 0 Å². The van der Waals surface area contributed by atoms with Gasteiger partial charge in [-0.1, -0.05) is 24.3 Å². The lowest BCUT2D eigenvalue weighted by Crippen LogP contribution is -1.95. The Bertz CT molecular complexity index is 1090. The Hall–Kier alpha value is -3.18. The average molecular weight is 348 g/mol. The van der Waals surface area contributed by atoms with Crippen molar-refractivity contribution in [3.63, 3.8) is 0 Å². The number of halogens is 1. The minimum Gasteiger partial charge on any atom is -0.497 e. The summed E-state index contributed by atoms with van der Waals surface area (Å²) in [6.07, 6.45) is 3.81. The third-order valence-corrected chi connectivity index (χ3v) is 4.40. The quantitative estimate of drug-likeness (QED) is 0.598. The van der Waals surface area contributed by atoms with Gasteiger partial charge in [0.05, 0.1) is 19.4 Å². The molecule has 0 saturated carbocycles. The summed E-state index contributed by atoms with van der Waals surface area (Å²) in [5, 5.41) is 9.51. The summed E-state index contributed by atoms with van der Waals surface area (Å²) < 4.78 is 21.1. The van der Waals surface area contributed by atoms with Crippen molar-refractivity contribution in [2.75, 3.05) is 7.11 Å². The van der Waals surface area contributed by atoms with Crippen LogP contribution in [0.1, 0.15) is 5.56 Å². The Labute approximate surface area is 150 Å². The van der Waals surface area contributed by atoms with Crippen molar-refractivity contribution in [3.05, 3.63) is 78.4 Å². The summed E-state index contributed by atoms with van der Waals surface area (Å²) >= 11 is 0. The van der Waals surface area contributed by atoms with Gasteiger partial charge in [0.1, 0.15) is 17.2 Å². The van der Waals surface area contributed by atoms with Gasteiger partial charge in [0, 0.05) is 23.5 Å². The van der Waals surface area contributed by atoms with E-state index in [1.54, 1.807) is 19.2 Å². The topological polar surface area (TPSA) is 46.8 Å². The summed E-state index contributed by atoms with van der Waals surface area (Å²) in [5.41, 5.74) is 4.34. The van der Waals surface area contributed by atoms with Crippen molar-refractivity contribution < 1.29 is 14.2 Å². The third kappa shape index (κ3) is 2.82. The van der Waals surface area contributed by atoms with Crippen LogP contribution in [0.4, 0.5) is 4.39 Å². The van der Waals surface area contributed by atoms with Gasteiger partial charge < -0.3 is 14.2 Å². The van der Waals surface area contributed by atoms with Crippen LogP contribution in [-0.2, 0) is 6.61 Å². The molecule has 0 aliphatic rings. The molecule has 0 atom stereocenters. The number of ether oxygens (including phenoxy) is 1. The maximum Gasteiger partial charge on any atom is 0.137 e. The number of hydrogen-bond acceptors (Lipinski definition) is 3. The van der Waals surface area contributed by atoms with E-state index in [9.17, 15) is 9.50 Å². The molecule has 2 heterocycles. The first kappa shape index (κ1) is 16.3. The van der Waals surface area contributed by atoms with E-state index in [1.165, 1.54) is 6.07 Å². The van der Waals surface area contributed by atoms with Crippen molar-refractivity contribution >= 4 is 5.65 Å². The van der Waals surface area contributed by atoms with Gasteiger partial charge in [-0.25, -0.2) is 9.37 Å². The fourth-order valence-electron chi connectivity index (χ4n) is 3.06. The van der Waals surface area contributed by atoms with Crippen LogP contribution >= 0.6 is 0 Å². The van der Waals surface area contributed by atoms with Crippen molar-refractivity contribution in [2.24, 2.45) is 0 Å². The molecular formula is C21H17FN2O2. The molecule has 0 aliphatic heterocycles. The molecule has 4 aromatic rings. The van der Waals surface area contributed by atoms with E-state index in [0.29, 0.717) is 11.1 Å². The van der Waals surface area contributed by atoms with Crippen molar-refractivity contribution in [2.45, 2.75) is 6.61 Å². The molecule has 0 unspecified atom stereocenters. The van der Waals surface area contributed by atoms with Crippen LogP contribution < -0.4 is 4.74 Å². The average Bonchev–Trinajstić information content (AvgIpc) is 3.11. The molecule has 2 aromatic carbocycles. The Balaban J connectivity index is 1.80. The highest BCUT2D eigenvalue weighted by Crippen LogP contribution is 2.28. The summed E-state index contributed by atoms with van der Waals surface area (Å²) in [4.78, 5) is 4.64. The standard InChI is InChI=1S/C21H17FN2O2/c1-26-16-5-2-4-14(10-16)20-12-24-11-15(8-9-21(24)23-20)17-6-3-7-19(22)18(17)13-25/h2-12,25H,13H2,1H3. The molecule has 0 saturated heterocycles. The summed E-state index contributed by atoms with van der Waals surface area (Å²) in [7, 11) is 1.63. The molecule has 2 aromatic heterocycles. The monoisotopic (exact) mass is 348 g/mol. The lowest BCUT2D eigenvalue weighted by Gasteiger charge is -2.09. The first-order valence-electron chi connectivity index (χ1n) is 8.21. The molecule has 5 heteroatoms. The van der Waals surface area contributed by atoms with E-state index in [0.717, 1.165) is 28.2 Å². The lowest BCUT2D eigenvalue weighted by atomic mass is 10.0. The number of pyridine rings is 1. The molecule has 0 radical (unpaired) electrons. The number of aliphatic hydroxyl groups excluding tert-OH is 1. The number of rotatable bonds is 4. The first-order valence-corrected chi connectivity index (χ1v) is 8.21. The van der Waals surface area contributed by atoms with Gasteiger partial charge in [-0.2, -0.15) is 0 Å². The van der Waals surface area contributed by atoms with Crippen molar-refractivity contribution in [1.82, 2.24) is 9.38 Å². The smallest absolute Gasteiger partial charge is 0.137 e. The fraction of sp³-hybridized carbons (Fsp3) is 0.0952. The van der Waals surface area contributed by atoms with Gasteiger partial charge in [0.2, 0.25) is 0 Å². The minimum absolute atomic E-state index is 0.292. The summed E-state index contributed by atoms with van der Waals surface area (Å²) in [6, 6.07) is 16.3. The molecule has 0 amide bonds. The maximum atomic E-state index is 14.0. The van der Waals surface area contributed by atoms with Crippen LogP contribution in [0.5, 0.6) is 5.75 Å². The van der Waals surface area contributed by atoms with E-state index >= 15 is 0 Å². The highest BCUT2D eigenvalue weighted by Gasteiger charge is 2.11. The molecule has 0 fully saturated rings. The summed E-state index contributed by atoms with van der Waals surface area (Å²) in [5.74, 6) is 0.361. The van der Waals surface area contributed by atoms with E-state index in [2.05, 4.69) is 4.98 Å². The first-order chi connectivity index (χ1) is 12.7. The number of nitrogens with zero attached hydrogens (tertiary/aromatic N) is 2. The molecule has 26 heavy (non-hydrogen) atoms. The van der Waals surface area contributed by atoms with Crippen LogP contribution in [0.2, 0.25) is 0 Å². The molecule has 1 N–H and O–H groups in total. The highest BCUT2D eigenvalue weighted by atomic mass is 19.1. The predicted octanol–water partition coefficient (Wildman–Crippen LogP) is 4.31. The van der Waals surface area contributed by atoms with Crippen LogP contribution in [0.3, 0.4) is 0 Å². The second-order valence-electron chi connectivity index (χ2n) is 5.97. The number of imidazole rings is 1. The van der Waals surface area contributed by atoms with Gasteiger partial charge in [0.25, 0.3) is 0 Å². The molecule has 0 aliphatic carbocycles. The molecule has 4 rings (SSSR count). The third-order valence-electron chi connectivity index (χ3n) is 4.40. The van der Waals surface area contributed by atoms with Crippen LogP contribution in [0.25, 0.3) is 28.0 Å². The fourth-order valence-corrected chi connectivity index (χ4v) is 3.06. The van der Waals surface area contributed by atoms with E-state index in [1.807, 2.05) is 53.2 Å². The van der Waals surface area contributed by atoms with Gasteiger partial charge >= 0.3 is 0 Å². The molecule has 4 nitrogen and oxygen atoms in total. The largest absolute Gasteiger partial charge is 0.497 e. The SMILES string of the molecule is COc1cccc(-c2cn3cc(-c4cccc(F)c4CO)ccc3n2)c1. The highest BCUT2D eigenvalue weighted by molar-refractivity contribution is 5.70. The Morgan fingerprint density at radius 2 is 1.88 bits per heavy atom. The number of benzene rings is 2. The van der Waals surface area contributed by atoms with Crippen LogP contribution in [-0.4, -0.2) is 21.6 Å². The second-order valence-corrected chi connectivity index (χ2v) is 5.97. The number of aliphatic hydroxyl groups is 1. The van der Waals surface area contributed by atoms with Crippen molar-refractivity contribution in [3.8, 4) is 28.1 Å². The minimum atomic E-state index is -0.409. The maximum absolute atomic E-state index is 14.0. The Morgan fingerprint density at radius 3 is 2.69 bits per heavy atom. The lowest BCUT2D eigenvalue weighted by molar-refractivity contribution is 0.276. The number of methoxy groups -OCH3 is 1. The number of fused-ring (bicyclic) bond motifs is 1. The van der Waals surface area contributed by atoms with E-state index in [-0.39, 0.29) is 6.61 Å². The Kier molecular flexibility index (Phi) is 4.14. The molecular weight excluding hydrogens is 331 g/mol.